The number of sulfonamides is 1. The molecule has 1 fully saturated rings. The molecule has 1 aromatic rings. The summed E-state index contributed by atoms with van der Waals surface area (Å²) in [6.07, 6.45) is 0. The van der Waals surface area contributed by atoms with Crippen LogP contribution in [0.4, 0.5) is 0 Å². The van der Waals surface area contributed by atoms with Gasteiger partial charge in [0, 0.05) is 6.54 Å². The maximum Gasteiger partial charge on any atom is 0.243 e. The van der Waals surface area contributed by atoms with Gasteiger partial charge in [-0.2, -0.15) is 4.31 Å². The Morgan fingerprint density at radius 2 is 1.75 bits per heavy atom. The van der Waals surface area contributed by atoms with Gasteiger partial charge in [-0.25, -0.2) is 8.42 Å². The molecular weight excluding hydrogens is 174 g/mol. The molecule has 12 heavy (non-hydrogen) atoms. The summed E-state index contributed by atoms with van der Waals surface area (Å²) in [5, 5.41) is 0. The van der Waals surface area contributed by atoms with Crippen molar-refractivity contribution in [3.8, 4) is 0 Å². The van der Waals surface area contributed by atoms with E-state index in [1.54, 1.807) is 36.9 Å². The van der Waals surface area contributed by atoms with Crippen LogP contribution in [0.1, 0.15) is 0 Å². The van der Waals surface area contributed by atoms with Gasteiger partial charge >= 0.3 is 0 Å². The quantitative estimate of drug-likeness (QED) is 0.636. The van der Waals surface area contributed by atoms with Crippen LogP contribution >= 0.6 is 0 Å². The van der Waals surface area contributed by atoms with Gasteiger partial charge in [0.2, 0.25) is 10.0 Å². The highest BCUT2D eigenvalue weighted by atomic mass is 32.2. The predicted octanol–water partition coefficient (Wildman–Crippen LogP) is 0.853. The first kappa shape index (κ1) is 7.76. The SMILES string of the molecule is O=S(=O)(c1ccccc1)N1[CH]C1. The van der Waals surface area contributed by atoms with Gasteiger partial charge in [-0.05, 0) is 12.1 Å². The molecule has 1 atom stereocenters. The molecule has 1 unspecified atom stereocenters. The highest BCUT2D eigenvalue weighted by molar-refractivity contribution is 7.89. The van der Waals surface area contributed by atoms with Crippen LogP contribution in [0, 0.1) is 6.54 Å². The molecule has 1 radical (unpaired) electrons. The van der Waals surface area contributed by atoms with Gasteiger partial charge in [0.05, 0.1) is 11.4 Å². The third kappa shape index (κ3) is 1.23. The fourth-order valence-electron chi connectivity index (χ4n) is 0.957. The van der Waals surface area contributed by atoms with Crippen molar-refractivity contribution in [3.63, 3.8) is 0 Å². The lowest BCUT2D eigenvalue weighted by Gasteiger charge is -2.01. The molecule has 0 saturated carbocycles. The molecule has 1 aliphatic rings. The molecule has 4 heteroatoms. The van der Waals surface area contributed by atoms with Gasteiger partial charge in [-0.3, -0.25) is 0 Å². The van der Waals surface area contributed by atoms with Crippen LogP contribution in [0.2, 0.25) is 0 Å². The Morgan fingerprint density at radius 3 is 2.25 bits per heavy atom. The highest BCUT2D eigenvalue weighted by Gasteiger charge is 2.33. The van der Waals surface area contributed by atoms with Gasteiger partial charge in [-0.15, -0.1) is 0 Å². The first-order chi connectivity index (χ1) is 5.71. The van der Waals surface area contributed by atoms with E-state index in [1.165, 1.54) is 4.31 Å². The molecule has 1 heterocycles. The number of nitrogens with zero attached hydrogens (tertiary/aromatic N) is 1. The smallest absolute Gasteiger partial charge is 0.207 e. The molecule has 0 spiro atoms. The zero-order chi connectivity index (χ0) is 8.60. The molecule has 3 nitrogen and oxygen atoms in total. The van der Waals surface area contributed by atoms with Crippen LogP contribution in [-0.4, -0.2) is 19.3 Å². The second-order valence-corrected chi connectivity index (χ2v) is 4.46. The molecule has 1 saturated heterocycles. The summed E-state index contributed by atoms with van der Waals surface area (Å²) in [6, 6.07) is 8.43. The maximum atomic E-state index is 11.5. The lowest BCUT2D eigenvalue weighted by atomic mass is 10.4. The van der Waals surface area contributed by atoms with Crippen molar-refractivity contribution in [3.05, 3.63) is 36.9 Å². The Kier molecular flexibility index (Phi) is 1.66. The molecule has 1 aromatic carbocycles. The van der Waals surface area contributed by atoms with Crippen molar-refractivity contribution in [1.82, 2.24) is 4.31 Å². The molecule has 2 rings (SSSR count). The Hall–Kier alpha value is -0.870. The summed E-state index contributed by atoms with van der Waals surface area (Å²) in [7, 11) is -3.19. The third-order valence-electron chi connectivity index (χ3n) is 1.68. The minimum atomic E-state index is -3.19. The predicted molar refractivity (Wildman–Crippen MR) is 44.6 cm³/mol. The van der Waals surface area contributed by atoms with Crippen LogP contribution < -0.4 is 0 Å². The summed E-state index contributed by atoms with van der Waals surface area (Å²) in [5.41, 5.74) is 0. The topological polar surface area (TPSA) is 37.1 Å². The first-order valence-corrected chi connectivity index (χ1v) is 5.05. The van der Waals surface area contributed by atoms with E-state index in [2.05, 4.69) is 0 Å². The fourth-order valence-corrected chi connectivity index (χ4v) is 2.19. The lowest BCUT2D eigenvalue weighted by Crippen LogP contribution is -2.10. The average molecular weight is 182 g/mol. The molecule has 0 bridgehead atoms. The number of rotatable bonds is 2. The second-order valence-electron chi connectivity index (χ2n) is 2.57. The van der Waals surface area contributed by atoms with Crippen LogP contribution in [0.5, 0.6) is 0 Å². The van der Waals surface area contributed by atoms with Crippen molar-refractivity contribution in [2.45, 2.75) is 4.90 Å². The van der Waals surface area contributed by atoms with E-state index >= 15 is 0 Å². The van der Waals surface area contributed by atoms with Crippen LogP contribution in [0.3, 0.4) is 0 Å². The minimum Gasteiger partial charge on any atom is -0.207 e. The average Bonchev–Trinajstić information content (AvgIpc) is 2.88. The molecule has 63 valence electrons. The zero-order valence-electron chi connectivity index (χ0n) is 6.34. The number of hydrogen-bond acceptors (Lipinski definition) is 2. The molecule has 0 N–H and O–H groups in total. The van der Waals surface area contributed by atoms with E-state index in [-0.39, 0.29) is 0 Å². The van der Waals surface area contributed by atoms with E-state index in [9.17, 15) is 8.42 Å². The van der Waals surface area contributed by atoms with Gasteiger partial charge in [-0.1, -0.05) is 18.2 Å². The van der Waals surface area contributed by atoms with E-state index in [0.29, 0.717) is 11.4 Å². The van der Waals surface area contributed by atoms with Crippen LogP contribution in [0.15, 0.2) is 35.2 Å². The highest BCUT2D eigenvalue weighted by Crippen LogP contribution is 2.23. The van der Waals surface area contributed by atoms with Crippen molar-refractivity contribution >= 4 is 10.0 Å². The summed E-state index contributed by atoms with van der Waals surface area (Å²) < 4.78 is 24.3. The molecular formula is C8H8NO2S. The van der Waals surface area contributed by atoms with Crippen molar-refractivity contribution < 1.29 is 8.42 Å². The molecule has 1 aliphatic heterocycles. The Morgan fingerprint density at radius 1 is 1.17 bits per heavy atom. The van der Waals surface area contributed by atoms with Crippen molar-refractivity contribution in [2.24, 2.45) is 0 Å². The van der Waals surface area contributed by atoms with E-state index in [4.69, 9.17) is 0 Å². The zero-order valence-corrected chi connectivity index (χ0v) is 7.16. The van der Waals surface area contributed by atoms with Crippen molar-refractivity contribution in [1.29, 1.82) is 0 Å². The van der Waals surface area contributed by atoms with E-state index < -0.39 is 10.0 Å². The van der Waals surface area contributed by atoms with Gasteiger partial charge in [0.15, 0.2) is 0 Å². The number of hydrogen-bond donors (Lipinski definition) is 0. The summed E-state index contributed by atoms with van der Waals surface area (Å²) in [5.74, 6) is 0. The van der Waals surface area contributed by atoms with E-state index in [1.807, 2.05) is 0 Å². The number of benzene rings is 1. The lowest BCUT2D eigenvalue weighted by molar-refractivity contribution is 0.566. The fraction of sp³-hybridized carbons (Fsp3) is 0.125. The van der Waals surface area contributed by atoms with Crippen molar-refractivity contribution in [2.75, 3.05) is 6.54 Å². The Balaban J connectivity index is 2.42. The first-order valence-electron chi connectivity index (χ1n) is 3.61. The molecule has 0 aliphatic carbocycles. The summed E-state index contributed by atoms with van der Waals surface area (Å²) >= 11 is 0. The summed E-state index contributed by atoms with van der Waals surface area (Å²) in [6.45, 7) is 2.18. The van der Waals surface area contributed by atoms with Gasteiger partial charge < -0.3 is 0 Å². The minimum absolute atomic E-state index is 0.360. The third-order valence-corrected chi connectivity index (χ3v) is 3.46. The standard InChI is InChI=1S/C8H8NO2S/c10-12(11,9-6-7-9)8-4-2-1-3-5-8/h1-6H,7H2. The maximum absolute atomic E-state index is 11.5. The Bertz CT molecular complexity index is 367. The second kappa shape index (κ2) is 2.57. The largest absolute Gasteiger partial charge is 0.243 e. The molecule has 0 aromatic heterocycles. The summed E-state index contributed by atoms with van der Waals surface area (Å²) in [4.78, 5) is 0.360. The van der Waals surface area contributed by atoms with Gasteiger partial charge in [0.1, 0.15) is 0 Å². The van der Waals surface area contributed by atoms with Gasteiger partial charge in [0.25, 0.3) is 0 Å². The normalized spacial score (nSPS) is 17.7. The van der Waals surface area contributed by atoms with Crippen LogP contribution in [-0.2, 0) is 10.0 Å². The monoisotopic (exact) mass is 182 g/mol. The van der Waals surface area contributed by atoms with Crippen LogP contribution in [0.25, 0.3) is 0 Å². The molecule has 0 amide bonds. The Labute approximate surface area is 71.7 Å². The van der Waals surface area contributed by atoms with E-state index in [0.717, 1.165) is 0 Å².